The first-order valence-electron chi connectivity index (χ1n) is 6.38. The Kier molecular flexibility index (Phi) is 2.84. The number of aromatic nitrogens is 2. The van der Waals surface area contributed by atoms with Crippen molar-refractivity contribution in [1.29, 1.82) is 0 Å². The molecule has 0 atom stereocenters. The lowest BCUT2D eigenvalue weighted by Crippen LogP contribution is -2.35. The first-order valence-corrected chi connectivity index (χ1v) is 6.38. The number of hydrogen-bond acceptors (Lipinski definition) is 3. The Morgan fingerprint density at radius 3 is 2.78 bits per heavy atom. The fourth-order valence-electron chi connectivity index (χ4n) is 2.41. The summed E-state index contributed by atoms with van der Waals surface area (Å²) in [6.45, 7) is 2.09. The number of nitrogens with two attached hydrogens (primary N) is 1. The molecule has 2 aromatic rings. The van der Waals surface area contributed by atoms with Crippen LogP contribution < -0.4 is 5.73 Å². The molecule has 3 heteroatoms. The molecule has 1 aromatic heterocycles. The summed E-state index contributed by atoms with van der Waals surface area (Å²) in [6.07, 6.45) is 3.87. The third-order valence-corrected chi connectivity index (χ3v) is 3.53. The van der Waals surface area contributed by atoms with E-state index in [-0.39, 0.29) is 0 Å². The van der Waals surface area contributed by atoms with Gasteiger partial charge in [0.05, 0.1) is 5.69 Å². The zero-order chi connectivity index (χ0) is 12.5. The van der Waals surface area contributed by atoms with E-state index >= 15 is 0 Å². The van der Waals surface area contributed by atoms with Crippen LogP contribution in [0.1, 0.15) is 30.1 Å². The number of benzene rings is 1. The molecule has 1 aliphatic carbocycles. The molecule has 0 amide bonds. The molecule has 0 saturated heterocycles. The Labute approximate surface area is 107 Å². The van der Waals surface area contributed by atoms with Crippen molar-refractivity contribution in [3.05, 3.63) is 47.9 Å². The first-order chi connectivity index (χ1) is 8.72. The average Bonchev–Trinajstić information content (AvgIpc) is 2.35. The van der Waals surface area contributed by atoms with Crippen molar-refractivity contribution in [3.8, 4) is 11.3 Å². The maximum absolute atomic E-state index is 5.82. The van der Waals surface area contributed by atoms with Crippen LogP contribution in [0.15, 0.2) is 36.5 Å². The van der Waals surface area contributed by atoms with Crippen LogP contribution in [0.4, 0.5) is 0 Å². The van der Waals surface area contributed by atoms with Gasteiger partial charge >= 0.3 is 0 Å². The molecule has 3 nitrogen and oxygen atoms in total. The highest BCUT2D eigenvalue weighted by Crippen LogP contribution is 2.34. The van der Waals surface area contributed by atoms with Gasteiger partial charge in [0.1, 0.15) is 5.82 Å². The zero-order valence-corrected chi connectivity index (χ0v) is 10.5. The van der Waals surface area contributed by atoms with E-state index in [1.807, 2.05) is 12.3 Å². The Hall–Kier alpha value is -1.74. The number of aryl methyl sites for hydroxylation is 1. The minimum absolute atomic E-state index is 0.334. The summed E-state index contributed by atoms with van der Waals surface area (Å²) in [7, 11) is 0. The second-order valence-corrected chi connectivity index (χ2v) is 5.10. The summed E-state index contributed by atoms with van der Waals surface area (Å²) in [5.74, 6) is 1.39. The fourth-order valence-corrected chi connectivity index (χ4v) is 2.41. The summed E-state index contributed by atoms with van der Waals surface area (Å²) in [5, 5.41) is 0. The predicted octanol–water partition coefficient (Wildman–Crippen LogP) is 2.66. The van der Waals surface area contributed by atoms with Gasteiger partial charge in [-0.15, -0.1) is 0 Å². The summed E-state index contributed by atoms with van der Waals surface area (Å²) in [5.41, 5.74) is 9.23. The van der Waals surface area contributed by atoms with E-state index in [9.17, 15) is 0 Å². The lowest BCUT2D eigenvalue weighted by Gasteiger charge is -2.31. The molecule has 2 N–H and O–H groups in total. The van der Waals surface area contributed by atoms with Gasteiger partial charge in [0.2, 0.25) is 0 Å². The average molecular weight is 239 g/mol. The van der Waals surface area contributed by atoms with Crippen LogP contribution in [0.2, 0.25) is 0 Å². The van der Waals surface area contributed by atoms with E-state index in [0.29, 0.717) is 12.0 Å². The Morgan fingerprint density at radius 2 is 2.06 bits per heavy atom. The SMILES string of the molecule is Cc1cccc(-c2ccnc(C3CC(N)C3)n2)c1. The van der Waals surface area contributed by atoms with Crippen molar-refractivity contribution in [2.75, 3.05) is 0 Å². The van der Waals surface area contributed by atoms with Crippen LogP contribution in [0.5, 0.6) is 0 Å². The third kappa shape index (κ3) is 2.14. The smallest absolute Gasteiger partial charge is 0.132 e. The van der Waals surface area contributed by atoms with E-state index < -0.39 is 0 Å². The largest absolute Gasteiger partial charge is 0.328 e. The minimum Gasteiger partial charge on any atom is -0.328 e. The van der Waals surface area contributed by atoms with Crippen molar-refractivity contribution < 1.29 is 0 Å². The topological polar surface area (TPSA) is 51.8 Å². The quantitative estimate of drug-likeness (QED) is 0.876. The number of hydrogen-bond donors (Lipinski definition) is 1. The molecule has 1 heterocycles. The molecule has 1 saturated carbocycles. The van der Waals surface area contributed by atoms with Gasteiger partial charge in [0, 0.05) is 23.7 Å². The Balaban J connectivity index is 1.91. The molecule has 0 radical (unpaired) electrons. The third-order valence-electron chi connectivity index (χ3n) is 3.53. The second-order valence-electron chi connectivity index (χ2n) is 5.10. The van der Waals surface area contributed by atoms with Crippen molar-refractivity contribution >= 4 is 0 Å². The molecule has 1 fully saturated rings. The maximum atomic E-state index is 5.82. The molecule has 3 rings (SSSR count). The van der Waals surface area contributed by atoms with E-state index in [0.717, 1.165) is 29.9 Å². The molecule has 92 valence electrons. The van der Waals surface area contributed by atoms with Crippen LogP contribution in [-0.2, 0) is 0 Å². The molecular formula is C15H17N3. The highest BCUT2D eigenvalue weighted by atomic mass is 14.9. The van der Waals surface area contributed by atoms with Crippen LogP contribution in [0.3, 0.4) is 0 Å². The van der Waals surface area contributed by atoms with Crippen molar-refractivity contribution in [2.45, 2.75) is 31.7 Å². The van der Waals surface area contributed by atoms with Gasteiger partial charge in [-0.3, -0.25) is 0 Å². The van der Waals surface area contributed by atoms with Gasteiger partial charge in [0.15, 0.2) is 0 Å². The van der Waals surface area contributed by atoms with E-state index in [1.165, 1.54) is 5.56 Å². The molecule has 0 unspecified atom stereocenters. The Bertz CT molecular complexity index is 559. The predicted molar refractivity (Wildman–Crippen MR) is 72.2 cm³/mol. The van der Waals surface area contributed by atoms with Crippen molar-refractivity contribution in [3.63, 3.8) is 0 Å². The van der Waals surface area contributed by atoms with Gasteiger partial charge in [-0.1, -0.05) is 23.8 Å². The van der Waals surface area contributed by atoms with Crippen LogP contribution in [0, 0.1) is 6.92 Å². The van der Waals surface area contributed by atoms with E-state index in [2.05, 4.69) is 41.2 Å². The van der Waals surface area contributed by atoms with Gasteiger partial charge in [-0.2, -0.15) is 0 Å². The lowest BCUT2D eigenvalue weighted by atomic mass is 9.80. The molecule has 0 spiro atoms. The molecule has 18 heavy (non-hydrogen) atoms. The highest BCUT2D eigenvalue weighted by Gasteiger charge is 2.29. The molecule has 1 aliphatic rings. The summed E-state index contributed by atoms with van der Waals surface area (Å²) >= 11 is 0. The van der Waals surface area contributed by atoms with Gasteiger partial charge in [-0.25, -0.2) is 9.97 Å². The standard InChI is InChI=1S/C15H17N3/c1-10-3-2-4-11(7-10)14-5-6-17-15(18-14)12-8-13(16)9-12/h2-7,12-13H,8-9,16H2,1H3. The summed E-state index contributed by atoms with van der Waals surface area (Å²) < 4.78 is 0. The van der Waals surface area contributed by atoms with Crippen LogP contribution in [-0.4, -0.2) is 16.0 Å². The van der Waals surface area contributed by atoms with Gasteiger partial charge < -0.3 is 5.73 Å². The van der Waals surface area contributed by atoms with Crippen LogP contribution in [0.25, 0.3) is 11.3 Å². The van der Waals surface area contributed by atoms with Crippen molar-refractivity contribution in [1.82, 2.24) is 9.97 Å². The van der Waals surface area contributed by atoms with Gasteiger partial charge in [0.25, 0.3) is 0 Å². The lowest BCUT2D eigenvalue weighted by molar-refractivity contribution is 0.338. The molecule has 1 aromatic carbocycles. The molecule has 0 bridgehead atoms. The molecule has 0 aliphatic heterocycles. The number of nitrogens with zero attached hydrogens (tertiary/aromatic N) is 2. The summed E-state index contributed by atoms with van der Waals surface area (Å²) in [6, 6.07) is 10.7. The Morgan fingerprint density at radius 1 is 1.22 bits per heavy atom. The number of rotatable bonds is 2. The first kappa shape index (κ1) is 11.4. The van der Waals surface area contributed by atoms with Gasteiger partial charge in [-0.05, 0) is 31.9 Å². The van der Waals surface area contributed by atoms with Crippen molar-refractivity contribution in [2.24, 2.45) is 5.73 Å². The maximum Gasteiger partial charge on any atom is 0.132 e. The zero-order valence-electron chi connectivity index (χ0n) is 10.5. The monoisotopic (exact) mass is 239 g/mol. The normalized spacial score (nSPS) is 22.6. The van der Waals surface area contributed by atoms with E-state index in [4.69, 9.17) is 5.73 Å². The summed E-state index contributed by atoms with van der Waals surface area (Å²) in [4.78, 5) is 9.05. The minimum atomic E-state index is 0.334. The van der Waals surface area contributed by atoms with Crippen LogP contribution >= 0.6 is 0 Å². The molecular weight excluding hydrogens is 222 g/mol. The fraction of sp³-hybridized carbons (Fsp3) is 0.333. The second kappa shape index (κ2) is 4.50. The van der Waals surface area contributed by atoms with E-state index in [1.54, 1.807) is 0 Å². The highest BCUT2D eigenvalue weighted by molar-refractivity contribution is 5.59.